The van der Waals surface area contributed by atoms with E-state index in [1.165, 1.54) is 0 Å². The fourth-order valence-electron chi connectivity index (χ4n) is 1.54. The second-order valence-corrected chi connectivity index (χ2v) is 5.30. The molecule has 0 saturated carbocycles. The summed E-state index contributed by atoms with van der Waals surface area (Å²) in [6.45, 7) is 3.02. The van der Waals surface area contributed by atoms with E-state index in [1.807, 2.05) is 29.0 Å². The molecule has 5 heteroatoms. The van der Waals surface area contributed by atoms with E-state index in [0.29, 0.717) is 0 Å². The number of halogens is 2. The van der Waals surface area contributed by atoms with Crippen molar-refractivity contribution in [2.45, 2.75) is 13.3 Å². The number of anilines is 1. The zero-order chi connectivity index (χ0) is 12.3. The Hall–Kier alpha value is -0.750. The Morgan fingerprint density at radius 3 is 3.00 bits per heavy atom. The molecule has 0 atom stereocenters. The van der Waals surface area contributed by atoms with Gasteiger partial charge in [0.05, 0.1) is 10.7 Å². The third-order valence-corrected chi connectivity index (χ3v) is 3.32. The van der Waals surface area contributed by atoms with Crippen LogP contribution in [0.5, 0.6) is 0 Å². The Labute approximate surface area is 119 Å². The lowest BCUT2D eigenvalue weighted by molar-refractivity contribution is 0.937. The smallest absolute Gasteiger partial charge is 0.207 e. The van der Waals surface area contributed by atoms with Crippen molar-refractivity contribution in [1.29, 1.82) is 0 Å². The molecule has 0 aliphatic carbocycles. The second kappa shape index (κ2) is 5.73. The van der Waals surface area contributed by atoms with E-state index in [9.17, 15) is 0 Å². The third kappa shape index (κ3) is 2.93. The lowest BCUT2D eigenvalue weighted by Crippen LogP contribution is -2.07. The van der Waals surface area contributed by atoms with Gasteiger partial charge in [-0.1, -0.05) is 18.5 Å². The average molecular weight is 362 g/mol. The number of nitrogens with zero attached hydrogens (tertiary/aromatic N) is 2. The largest absolute Gasteiger partial charge is 0.355 e. The Morgan fingerprint density at radius 2 is 2.29 bits per heavy atom. The number of nitrogens with one attached hydrogen (secondary N) is 1. The molecule has 0 aliphatic heterocycles. The molecule has 0 bridgehead atoms. The number of imidazole rings is 1. The Bertz CT molecular complexity index is 510. The number of hydrogen-bond donors (Lipinski definition) is 1. The first-order chi connectivity index (χ1) is 8.22. The van der Waals surface area contributed by atoms with Gasteiger partial charge in [0.1, 0.15) is 0 Å². The van der Waals surface area contributed by atoms with Crippen LogP contribution in [0.3, 0.4) is 0 Å². The van der Waals surface area contributed by atoms with Crippen molar-refractivity contribution in [3.63, 3.8) is 0 Å². The molecule has 1 heterocycles. The fourth-order valence-corrected chi connectivity index (χ4v) is 2.49. The standard InChI is InChI=1S/C12H13ClIN3/c1-2-5-15-12-16-6-7-17(12)11-4-3-9(14)8-10(11)13/h3-4,6-8H,2,5H2,1H3,(H,15,16). The van der Waals surface area contributed by atoms with E-state index in [4.69, 9.17) is 11.6 Å². The zero-order valence-electron chi connectivity index (χ0n) is 9.45. The van der Waals surface area contributed by atoms with Crippen LogP contribution in [0, 0.1) is 3.57 Å². The zero-order valence-corrected chi connectivity index (χ0v) is 12.4. The van der Waals surface area contributed by atoms with Crippen molar-refractivity contribution in [1.82, 2.24) is 9.55 Å². The molecule has 0 spiro atoms. The van der Waals surface area contributed by atoms with Crippen LogP contribution >= 0.6 is 34.2 Å². The Morgan fingerprint density at radius 1 is 1.47 bits per heavy atom. The number of hydrogen-bond acceptors (Lipinski definition) is 2. The minimum atomic E-state index is 0.731. The van der Waals surface area contributed by atoms with E-state index >= 15 is 0 Å². The van der Waals surface area contributed by atoms with Gasteiger partial charge in [-0.3, -0.25) is 4.57 Å². The second-order valence-electron chi connectivity index (χ2n) is 3.64. The molecule has 0 unspecified atom stereocenters. The molecular weight excluding hydrogens is 349 g/mol. The van der Waals surface area contributed by atoms with Gasteiger partial charge in [0.2, 0.25) is 5.95 Å². The van der Waals surface area contributed by atoms with Crippen LogP contribution in [0.4, 0.5) is 5.95 Å². The van der Waals surface area contributed by atoms with E-state index in [2.05, 4.69) is 39.8 Å². The van der Waals surface area contributed by atoms with Crippen LogP contribution < -0.4 is 5.32 Å². The third-order valence-electron chi connectivity index (χ3n) is 2.34. The summed E-state index contributed by atoms with van der Waals surface area (Å²) in [6, 6.07) is 5.98. The quantitative estimate of drug-likeness (QED) is 0.836. The van der Waals surface area contributed by atoms with Gasteiger partial charge in [0, 0.05) is 22.5 Å². The topological polar surface area (TPSA) is 29.9 Å². The number of benzene rings is 1. The normalized spacial score (nSPS) is 10.5. The molecule has 1 aromatic carbocycles. The van der Waals surface area contributed by atoms with Crippen LogP contribution in [0.15, 0.2) is 30.6 Å². The molecule has 0 amide bonds. The maximum atomic E-state index is 6.25. The lowest BCUT2D eigenvalue weighted by Gasteiger charge is -2.10. The monoisotopic (exact) mass is 361 g/mol. The maximum absolute atomic E-state index is 6.25. The summed E-state index contributed by atoms with van der Waals surface area (Å²) in [5.74, 6) is 0.829. The molecule has 1 N–H and O–H groups in total. The van der Waals surface area contributed by atoms with Crippen molar-refractivity contribution in [3.8, 4) is 5.69 Å². The Kier molecular flexibility index (Phi) is 4.28. The average Bonchev–Trinajstić information content (AvgIpc) is 2.74. The van der Waals surface area contributed by atoms with Gasteiger partial charge in [-0.25, -0.2) is 4.98 Å². The van der Waals surface area contributed by atoms with Crippen LogP contribution in [-0.2, 0) is 0 Å². The van der Waals surface area contributed by atoms with E-state index in [0.717, 1.165) is 33.2 Å². The van der Waals surface area contributed by atoms with Crippen LogP contribution in [0.1, 0.15) is 13.3 Å². The molecule has 0 radical (unpaired) electrons. The van der Waals surface area contributed by atoms with Crippen molar-refractivity contribution < 1.29 is 0 Å². The van der Waals surface area contributed by atoms with Crippen molar-refractivity contribution in [2.75, 3.05) is 11.9 Å². The molecule has 3 nitrogen and oxygen atoms in total. The van der Waals surface area contributed by atoms with Gasteiger partial charge >= 0.3 is 0 Å². The Balaban J connectivity index is 2.35. The van der Waals surface area contributed by atoms with Crippen LogP contribution in [0.2, 0.25) is 5.02 Å². The van der Waals surface area contributed by atoms with Gasteiger partial charge in [-0.2, -0.15) is 0 Å². The highest BCUT2D eigenvalue weighted by Gasteiger charge is 2.07. The first-order valence-electron chi connectivity index (χ1n) is 5.45. The summed E-state index contributed by atoms with van der Waals surface area (Å²) in [6.07, 6.45) is 4.74. The van der Waals surface area contributed by atoms with Crippen LogP contribution in [-0.4, -0.2) is 16.1 Å². The van der Waals surface area contributed by atoms with Crippen LogP contribution in [0.25, 0.3) is 5.69 Å². The highest BCUT2D eigenvalue weighted by Crippen LogP contribution is 2.25. The summed E-state index contributed by atoms with van der Waals surface area (Å²) < 4.78 is 3.09. The van der Waals surface area contributed by atoms with E-state index < -0.39 is 0 Å². The molecule has 1 aromatic heterocycles. The van der Waals surface area contributed by atoms with E-state index in [-0.39, 0.29) is 0 Å². The summed E-state index contributed by atoms with van der Waals surface area (Å²) in [5, 5.41) is 4.01. The van der Waals surface area contributed by atoms with Gasteiger partial charge < -0.3 is 5.32 Å². The highest BCUT2D eigenvalue weighted by atomic mass is 127. The van der Waals surface area contributed by atoms with Gasteiger partial charge in [0.25, 0.3) is 0 Å². The van der Waals surface area contributed by atoms with Gasteiger partial charge in [-0.05, 0) is 47.2 Å². The summed E-state index contributed by atoms with van der Waals surface area (Å²) in [4.78, 5) is 4.28. The van der Waals surface area contributed by atoms with Crippen molar-refractivity contribution in [2.24, 2.45) is 0 Å². The van der Waals surface area contributed by atoms with Gasteiger partial charge in [0.15, 0.2) is 0 Å². The number of aromatic nitrogens is 2. The minimum Gasteiger partial charge on any atom is -0.355 e. The SMILES string of the molecule is CCCNc1nccn1-c1ccc(I)cc1Cl. The molecule has 17 heavy (non-hydrogen) atoms. The predicted octanol–water partition coefficient (Wildman–Crippen LogP) is 3.95. The van der Waals surface area contributed by atoms with E-state index in [1.54, 1.807) is 6.20 Å². The molecule has 2 rings (SSSR count). The number of rotatable bonds is 4. The summed E-state index contributed by atoms with van der Waals surface area (Å²) >= 11 is 8.49. The van der Waals surface area contributed by atoms with Crippen molar-refractivity contribution in [3.05, 3.63) is 39.2 Å². The van der Waals surface area contributed by atoms with Gasteiger partial charge in [-0.15, -0.1) is 0 Å². The molecule has 0 saturated heterocycles. The molecule has 90 valence electrons. The highest BCUT2D eigenvalue weighted by molar-refractivity contribution is 14.1. The summed E-state index contributed by atoms with van der Waals surface area (Å²) in [5.41, 5.74) is 0.947. The first kappa shape index (κ1) is 12.7. The minimum absolute atomic E-state index is 0.731. The predicted molar refractivity (Wildman–Crippen MR) is 80.1 cm³/mol. The first-order valence-corrected chi connectivity index (χ1v) is 6.90. The summed E-state index contributed by atoms with van der Waals surface area (Å²) in [7, 11) is 0. The molecular formula is C12H13ClIN3. The molecule has 0 aliphatic rings. The molecule has 0 fully saturated rings. The molecule has 2 aromatic rings. The lowest BCUT2D eigenvalue weighted by atomic mass is 10.3. The maximum Gasteiger partial charge on any atom is 0.207 e. The fraction of sp³-hybridized carbons (Fsp3) is 0.250. The van der Waals surface area contributed by atoms with Crippen molar-refractivity contribution >= 4 is 40.1 Å².